The number of amides is 2. The summed E-state index contributed by atoms with van der Waals surface area (Å²) in [5.74, 6) is -1.07. The summed E-state index contributed by atoms with van der Waals surface area (Å²) in [5.41, 5.74) is 1.87. The van der Waals surface area contributed by atoms with E-state index < -0.39 is 17.1 Å². The first-order valence-corrected chi connectivity index (χ1v) is 10.4. The lowest BCUT2D eigenvalue weighted by molar-refractivity contribution is -0.149. The Kier molecular flexibility index (Phi) is 7.49. The number of ether oxygens (including phenoxy) is 1. The second-order valence-corrected chi connectivity index (χ2v) is 8.04. The lowest BCUT2D eigenvalue weighted by Gasteiger charge is -2.22. The van der Waals surface area contributed by atoms with E-state index in [0.29, 0.717) is 4.91 Å². The summed E-state index contributed by atoms with van der Waals surface area (Å²) in [6.07, 6.45) is 1.37. The van der Waals surface area contributed by atoms with Crippen LogP contribution in [0.3, 0.4) is 0 Å². The Hall–Kier alpha value is -1.80. The quantitative estimate of drug-likeness (QED) is 0.452. The van der Waals surface area contributed by atoms with Crippen molar-refractivity contribution in [1.82, 2.24) is 4.90 Å². The van der Waals surface area contributed by atoms with Crippen LogP contribution in [-0.2, 0) is 14.3 Å². The zero-order valence-electron chi connectivity index (χ0n) is 15.8. The zero-order chi connectivity index (χ0) is 20.1. The van der Waals surface area contributed by atoms with Crippen LogP contribution in [0.5, 0.6) is 0 Å². The van der Waals surface area contributed by atoms with Crippen LogP contribution in [0.1, 0.15) is 33.3 Å². The minimum Gasteiger partial charge on any atom is -0.462 e. The van der Waals surface area contributed by atoms with Gasteiger partial charge in [-0.2, -0.15) is 0 Å². The summed E-state index contributed by atoms with van der Waals surface area (Å²) < 4.78 is 5.93. The molecule has 0 atom stereocenters. The number of thioether (sulfide) groups is 1. The number of halogens is 1. The number of nitrogens with zero attached hydrogens (tertiary/aromatic N) is 2. The minimum absolute atomic E-state index is 0.292. The van der Waals surface area contributed by atoms with Crippen LogP contribution >= 0.6 is 27.7 Å². The molecule has 1 heterocycles. The Bertz CT molecular complexity index is 775. The third kappa shape index (κ3) is 5.35. The fourth-order valence-corrected chi connectivity index (χ4v) is 4.14. The van der Waals surface area contributed by atoms with Crippen molar-refractivity contribution >= 4 is 56.6 Å². The summed E-state index contributed by atoms with van der Waals surface area (Å²) in [6.45, 7) is 9.01. The number of esters is 1. The maximum absolute atomic E-state index is 12.5. The molecule has 146 valence electrons. The van der Waals surface area contributed by atoms with Crippen molar-refractivity contribution in [3.8, 4) is 0 Å². The van der Waals surface area contributed by atoms with E-state index in [2.05, 4.69) is 34.7 Å². The monoisotopic (exact) mass is 454 g/mol. The molecule has 8 heteroatoms. The molecule has 0 N–H and O–H groups in total. The van der Waals surface area contributed by atoms with Gasteiger partial charge in [-0.15, -0.1) is 0 Å². The van der Waals surface area contributed by atoms with E-state index in [1.807, 2.05) is 18.2 Å². The number of hydrogen-bond acceptors (Lipinski definition) is 6. The predicted molar refractivity (Wildman–Crippen MR) is 112 cm³/mol. The van der Waals surface area contributed by atoms with Gasteiger partial charge in [0, 0.05) is 17.6 Å². The fraction of sp³-hybridized carbons (Fsp3) is 0.421. The highest BCUT2D eigenvalue weighted by Gasteiger charge is 2.36. The Morgan fingerprint density at radius 1 is 1.30 bits per heavy atom. The van der Waals surface area contributed by atoms with Crippen molar-refractivity contribution < 1.29 is 19.1 Å². The van der Waals surface area contributed by atoms with Crippen LogP contribution in [0.4, 0.5) is 10.5 Å². The SMILES string of the molecule is CCN(CC)c1ccc(/C=C2/SC(=O)N(CC(=O)OC(C)C)C2=O)cc1Br. The van der Waals surface area contributed by atoms with Gasteiger partial charge in [-0.3, -0.25) is 19.3 Å². The Morgan fingerprint density at radius 2 is 1.96 bits per heavy atom. The van der Waals surface area contributed by atoms with Gasteiger partial charge in [0.25, 0.3) is 11.1 Å². The molecule has 0 aromatic heterocycles. The van der Waals surface area contributed by atoms with Crippen molar-refractivity contribution in [3.63, 3.8) is 0 Å². The van der Waals surface area contributed by atoms with Crippen molar-refractivity contribution in [2.24, 2.45) is 0 Å². The van der Waals surface area contributed by atoms with E-state index in [-0.39, 0.29) is 12.6 Å². The largest absolute Gasteiger partial charge is 0.462 e. The third-order valence-electron chi connectivity index (χ3n) is 3.90. The molecule has 1 aliphatic heterocycles. The molecule has 1 aromatic rings. The van der Waals surface area contributed by atoms with Gasteiger partial charge >= 0.3 is 5.97 Å². The molecule has 2 amide bonds. The normalized spacial score (nSPS) is 15.8. The molecule has 0 saturated carbocycles. The number of imide groups is 1. The molecule has 0 aliphatic carbocycles. The van der Waals surface area contributed by atoms with Crippen LogP contribution in [0, 0.1) is 0 Å². The van der Waals surface area contributed by atoms with E-state index in [4.69, 9.17) is 4.74 Å². The highest BCUT2D eigenvalue weighted by molar-refractivity contribution is 9.10. The van der Waals surface area contributed by atoms with E-state index in [1.54, 1.807) is 19.9 Å². The number of hydrogen-bond donors (Lipinski definition) is 0. The van der Waals surface area contributed by atoms with E-state index in [9.17, 15) is 14.4 Å². The van der Waals surface area contributed by atoms with Gasteiger partial charge in [0.2, 0.25) is 0 Å². The number of rotatable bonds is 7. The number of carbonyl (C=O) groups is 3. The standard InChI is InChI=1S/C19H23BrN2O4S/c1-5-21(6-2)15-8-7-13(9-14(15)20)10-16-18(24)22(19(25)27-16)11-17(23)26-12(3)4/h7-10,12H,5-6,11H2,1-4H3/b16-10+. The summed E-state index contributed by atoms with van der Waals surface area (Å²) in [6, 6.07) is 5.79. The smallest absolute Gasteiger partial charge is 0.326 e. The lowest BCUT2D eigenvalue weighted by Crippen LogP contribution is -2.35. The molecular weight excluding hydrogens is 432 g/mol. The maximum Gasteiger partial charge on any atom is 0.326 e. The van der Waals surface area contributed by atoms with Gasteiger partial charge in [-0.1, -0.05) is 6.07 Å². The van der Waals surface area contributed by atoms with Crippen molar-refractivity contribution in [2.45, 2.75) is 33.8 Å². The number of benzene rings is 1. The highest BCUT2D eigenvalue weighted by Crippen LogP contribution is 2.34. The minimum atomic E-state index is -0.597. The van der Waals surface area contributed by atoms with Crippen LogP contribution < -0.4 is 4.90 Å². The molecule has 6 nitrogen and oxygen atoms in total. The van der Waals surface area contributed by atoms with Crippen LogP contribution in [-0.4, -0.2) is 47.8 Å². The van der Waals surface area contributed by atoms with Crippen LogP contribution in [0.25, 0.3) is 6.08 Å². The first-order valence-electron chi connectivity index (χ1n) is 8.76. The van der Waals surface area contributed by atoms with Gasteiger partial charge in [0.1, 0.15) is 6.54 Å². The molecule has 27 heavy (non-hydrogen) atoms. The fourth-order valence-electron chi connectivity index (χ4n) is 2.65. The Labute approximate surface area is 172 Å². The first kappa shape index (κ1) is 21.5. The molecule has 0 spiro atoms. The summed E-state index contributed by atoms with van der Waals surface area (Å²) in [5, 5.41) is -0.467. The van der Waals surface area contributed by atoms with Gasteiger partial charge in [-0.05, 0) is 79.2 Å². The molecule has 2 rings (SSSR count). The van der Waals surface area contributed by atoms with E-state index in [0.717, 1.165) is 45.5 Å². The Balaban J connectivity index is 2.17. The van der Waals surface area contributed by atoms with Crippen LogP contribution in [0.2, 0.25) is 0 Å². The van der Waals surface area contributed by atoms with Crippen molar-refractivity contribution in [3.05, 3.63) is 33.1 Å². The van der Waals surface area contributed by atoms with Gasteiger partial charge in [0.05, 0.1) is 16.7 Å². The van der Waals surface area contributed by atoms with Gasteiger partial charge in [0.15, 0.2) is 0 Å². The number of carbonyl (C=O) groups excluding carboxylic acids is 3. The zero-order valence-corrected chi connectivity index (χ0v) is 18.2. The molecule has 1 aromatic carbocycles. The first-order chi connectivity index (χ1) is 12.8. The lowest BCUT2D eigenvalue weighted by atomic mass is 10.1. The third-order valence-corrected chi connectivity index (χ3v) is 5.44. The van der Waals surface area contributed by atoms with Gasteiger partial charge in [-0.25, -0.2) is 0 Å². The molecule has 0 radical (unpaired) electrons. The van der Waals surface area contributed by atoms with Gasteiger partial charge < -0.3 is 9.64 Å². The Morgan fingerprint density at radius 3 is 2.52 bits per heavy atom. The summed E-state index contributed by atoms with van der Waals surface area (Å²) >= 11 is 4.40. The average Bonchev–Trinajstić information content (AvgIpc) is 2.84. The molecule has 1 saturated heterocycles. The van der Waals surface area contributed by atoms with E-state index >= 15 is 0 Å². The van der Waals surface area contributed by atoms with Crippen LogP contribution in [0.15, 0.2) is 27.6 Å². The van der Waals surface area contributed by atoms with E-state index in [1.165, 1.54) is 0 Å². The maximum atomic E-state index is 12.5. The molecular formula is C19H23BrN2O4S. The summed E-state index contributed by atoms with van der Waals surface area (Å²) in [7, 11) is 0. The molecule has 0 unspecified atom stereocenters. The predicted octanol–water partition coefficient (Wildman–Crippen LogP) is 4.28. The topological polar surface area (TPSA) is 66.9 Å². The average molecular weight is 455 g/mol. The second kappa shape index (κ2) is 9.41. The van der Waals surface area contributed by atoms with Crippen molar-refractivity contribution in [2.75, 3.05) is 24.5 Å². The second-order valence-electron chi connectivity index (χ2n) is 6.19. The molecule has 0 bridgehead atoms. The highest BCUT2D eigenvalue weighted by atomic mass is 79.9. The number of anilines is 1. The summed E-state index contributed by atoms with van der Waals surface area (Å²) in [4.78, 5) is 39.8. The molecule has 1 aliphatic rings. The van der Waals surface area contributed by atoms with Crippen molar-refractivity contribution in [1.29, 1.82) is 0 Å². The molecule has 1 fully saturated rings.